The number of aryl methyl sites for hydroxylation is 1. The summed E-state index contributed by atoms with van der Waals surface area (Å²) in [6.45, 7) is 12.4. The molecule has 2 heterocycles. The van der Waals surface area contributed by atoms with Gasteiger partial charge >= 0.3 is 0 Å². The number of benzene rings is 3. The molecule has 0 aromatic heterocycles. The Morgan fingerprint density at radius 1 is 0.976 bits per heavy atom. The second-order valence-electron chi connectivity index (χ2n) is 11.8. The van der Waals surface area contributed by atoms with Crippen molar-refractivity contribution in [3.05, 3.63) is 89.0 Å². The molecule has 5 rings (SSSR count). The minimum Gasteiger partial charge on any atom is -0.476 e. The third kappa shape index (κ3) is 6.74. The average molecular weight is 578 g/mol. The van der Waals surface area contributed by atoms with Gasteiger partial charge in [-0.05, 0) is 53.3 Å². The van der Waals surface area contributed by atoms with E-state index in [0.29, 0.717) is 18.0 Å². The van der Waals surface area contributed by atoms with Gasteiger partial charge < -0.3 is 14.8 Å². The maximum atomic E-state index is 13.9. The average Bonchev–Trinajstić information content (AvgIpc) is 2.95. The molecule has 0 saturated carbocycles. The van der Waals surface area contributed by atoms with Crippen LogP contribution in [-0.2, 0) is 38.1 Å². The number of fused-ring (bicyclic) bond motifs is 1. The van der Waals surface area contributed by atoms with Gasteiger partial charge in [0, 0.05) is 26.2 Å². The molecule has 0 radical (unpaired) electrons. The molecule has 1 N–H and O–H groups in total. The molecule has 0 bridgehead atoms. The van der Waals surface area contributed by atoms with Gasteiger partial charge in [0.1, 0.15) is 5.75 Å². The Balaban J connectivity index is 1.36. The first-order chi connectivity index (χ1) is 19.5. The smallest absolute Gasteiger partial charge is 0.264 e. The number of amides is 1. The van der Waals surface area contributed by atoms with Gasteiger partial charge in [-0.2, -0.15) is 0 Å². The fourth-order valence-electron chi connectivity index (χ4n) is 5.08. The van der Waals surface area contributed by atoms with Crippen LogP contribution in [0, 0.1) is 6.92 Å². The fourth-order valence-corrected chi connectivity index (χ4v) is 6.55. The van der Waals surface area contributed by atoms with Crippen LogP contribution in [0.15, 0.2) is 71.6 Å². The Hall–Kier alpha value is -3.40. The summed E-state index contributed by atoms with van der Waals surface area (Å²) in [5, 5.41) is 2.97. The van der Waals surface area contributed by atoms with E-state index in [9.17, 15) is 13.2 Å². The standard InChI is InChI=1S/C32H39N3O5S/c1-23-8-11-27(12-9-23)41(37,38)35-22-30(40-29-13-10-26(19-28(29)35)32(2,3)4)31(36)33-20-24-6-5-7-25(18-24)21-34-14-16-39-17-15-34/h5-13,18-19,30H,14-17,20-22H2,1-4H3,(H,33,36)/t30-/m0/s1. The van der Waals surface area contributed by atoms with Crippen molar-refractivity contribution in [2.45, 2.75) is 57.2 Å². The summed E-state index contributed by atoms with van der Waals surface area (Å²) in [5.74, 6) is 0.00540. The monoisotopic (exact) mass is 577 g/mol. The molecule has 1 amide bonds. The Morgan fingerprint density at radius 2 is 1.68 bits per heavy atom. The number of morpholine rings is 1. The van der Waals surface area contributed by atoms with Crippen LogP contribution >= 0.6 is 0 Å². The topological polar surface area (TPSA) is 88.2 Å². The van der Waals surface area contributed by atoms with Crippen molar-refractivity contribution in [3.63, 3.8) is 0 Å². The van der Waals surface area contributed by atoms with Crippen LogP contribution < -0.4 is 14.4 Å². The molecular formula is C32H39N3O5S. The summed E-state index contributed by atoms with van der Waals surface area (Å²) in [4.78, 5) is 15.9. The van der Waals surface area contributed by atoms with E-state index in [1.807, 2.05) is 31.2 Å². The van der Waals surface area contributed by atoms with Crippen molar-refractivity contribution < 1.29 is 22.7 Å². The van der Waals surface area contributed by atoms with Crippen LogP contribution in [0.3, 0.4) is 0 Å². The molecule has 3 aromatic rings. The predicted octanol–water partition coefficient (Wildman–Crippen LogP) is 4.40. The first kappa shape index (κ1) is 29.1. The molecular weight excluding hydrogens is 538 g/mol. The largest absolute Gasteiger partial charge is 0.476 e. The van der Waals surface area contributed by atoms with Crippen LogP contribution in [0.4, 0.5) is 5.69 Å². The number of rotatable bonds is 7. The van der Waals surface area contributed by atoms with Gasteiger partial charge in [-0.3, -0.25) is 14.0 Å². The molecule has 1 saturated heterocycles. The van der Waals surface area contributed by atoms with Crippen molar-refractivity contribution in [2.75, 3.05) is 37.2 Å². The minimum atomic E-state index is -3.95. The molecule has 41 heavy (non-hydrogen) atoms. The quantitative estimate of drug-likeness (QED) is 0.448. The number of nitrogens with one attached hydrogen (secondary N) is 1. The maximum absolute atomic E-state index is 13.9. The second-order valence-corrected chi connectivity index (χ2v) is 13.7. The van der Waals surface area contributed by atoms with Gasteiger partial charge in [-0.25, -0.2) is 8.42 Å². The van der Waals surface area contributed by atoms with Crippen LogP contribution in [0.1, 0.15) is 43.0 Å². The van der Waals surface area contributed by atoms with Gasteiger partial charge in [-0.1, -0.05) is 68.8 Å². The van der Waals surface area contributed by atoms with Gasteiger partial charge in [0.05, 0.1) is 30.3 Å². The molecule has 1 fully saturated rings. The minimum absolute atomic E-state index is 0.125. The maximum Gasteiger partial charge on any atom is 0.264 e. The summed E-state index contributed by atoms with van der Waals surface area (Å²) < 4.78 is 40.7. The molecule has 218 valence electrons. The predicted molar refractivity (Wildman–Crippen MR) is 160 cm³/mol. The van der Waals surface area contributed by atoms with Crippen molar-refractivity contribution in [1.82, 2.24) is 10.2 Å². The lowest BCUT2D eigenvalue weighted by molar-refractivity contribution is -0.127. The zero-order valence-electron chi connectivity index (χ0n) is 24.2. The molecule has 0 spiro atoms. The Morgan fingerprint density at radius 3 is 2.39 bits per heavy atom. The van der Waals surface area contributed by atoms with E-state index < -0.39 is 16.1 Å². The number of ether oxygens (including phenoxy) is 2. The van der Waals surface area contributed by atoms with Crippen molar-refractivity contribution in [3.8, 4) is 5.75 Å². The van der Waals surface area contributed by atoms with Crippen molar-refractivity contribution in [1.29, 1.82) is 0 Å². The SMILES string of the molecule is Cc1ccc(S(=O)(=O)N2C[C@@H](C(=O)NCc3cccc(CN4CCOCC4)c3)Oc3ccc(C(C)(C)C)cc32)cc1. The molecule has 0 unspecified atom stereocenters. The first-order valence-corrected chi connectivity index (χ1v) is 15.5. The number of carbonyl (C=O) groups is 1. The molecule has 3 aromatic carbocycles. The number of sulfonamides is 1. The number of anilines is 1. The highest BCUT2D eigenvalue weighted by Gasteiger charge is 2.38. The van der Waals surface area contributed by atoms with Gasteiger partial charge in [0.2, 0.25) is 0 Å². The summed E-state index contributed by atoms with van der Waals surface area (Å²) in [5.41, 5.74) is 4.33. The zero-order chi connectivity index (χ0) is 29.2. The number of hydrogen-bond acceptors (Lipinski definition) is 6. The lowest BCUT2D eigenvalue weighted by Gasteiger charge is -2.36. The Bertz CT molecular complexity index is 1490. The Kier molecular flexibility index (Phi) is 8.40. The van der Waals surface area contributed by atoms with E-state index in [1.54, 1.807) is 30.3 Å². The lowest BCUT2D eigenvalue weighted by Crippen LogP contribution is -2.50. The van der Waals surface area contributed by atoms with Crippen molar-refractivity contribution >= 4 is 21.6 Å². The van der Waals surface area contributed by atoms with E-state index in [4.69, 9.17) is 9.47 Å². The summed E-state index contributed by atoms with van der Waals surface area (Å²) >= 11 is 0. The Labute approximate surface area is 243 Å². The molecule has 9 heteroatoms. The fraction of sp³-hybridized carbons (Fsp3) is 0.406. The third-order valence-corrected chi connectivity index (χ3v) is 9.36. The highest BCUT2D eigenvalue weighted by molar-refractivity contribution is 7.92. The highest BCUT2D eigenvalue weighted by Crippen LogP contribution is 2.40. The molecule has 1 atom stereocenters. The zero-order valence-corrected chi connectivity index (χ0v) is 25.0. The van der Waals surface area contributed by atoms with E-state index in [2.05, 4.69) is 43.1 Å². The van der Waals surface area contributed by atoms with Gasteiger partial charge in [-0.15, -0.1) is 0 Å². The van der Waals surface area contributed by atoms with Crippen molar-refractivity contribution in [2.24, 2.45) is 0 Å². The first-order valence-electron chi connectivity index (χ1n) is 14.1. The molecule has 8 nitrogen and oxygen atoms in total. The van der Waals surface area contributed by atoms with Crippen LogP contribution in [-0.4, -0.2) is 58.2 Å². The number of carbonyl (C=O) groups excluding carboxylic acids is 1. The van der Waals surface area contributed by atoms with E-state index in [0.717, 1.165) is 49.5 Å². The lowest BCUT2D eigenvalue weighted by atomic mass is 9.86. The summed E-state index contributed by atoms with van der Waals surface area (Å²) in [7, 11) is -3.95. The summed E-state index contributed by atoms with van der Waals surface area (Å²) in [6, 6.07) is 20.5. The molecule has 0 aliphatic carbocycles. The van der Waals surface area contributed by atoms with Crippen LogP contribution in [0.25, 0.3) is 0 Å². The van der Waals surface area contributed by atoms with E-state index >= 15 is 0 Å². The van der Waals surface area contributed by atoms with E-state index in [1.165, 1.54) is 9.87 Å². The van der Waals surface area contributed by atoms with Crippen LogP contribution in [0.2, 0.25) is 0 Å². The second kappa shape index (κ2) is 11.8. The highest BCUT2D eigenvalue weighted by atomic mass is 32.2. The normalized spacial score (nSPS) is 18.0. The number of nitrogens with zero attached hydrogens (tertiary/aromatic N) is 2. The van der Waals surface area contributed by atoms with Gasteiger partial charge in [0.15, 0.2) is 6.10 Å². The molecule has 2 aliphatic heterocycles. The summed E-state index contributed by atoms with van der Waals surface area (Å²) in [6.07, 6.45) is -1.00. The van der Waals surface area contributed by atoms with Gasteiger partial charge in [0.25, 0.3) is 15.9 Å². The number of hydrogen-bond donors (Lipinski definition) is 1. The third-order valence-electron chi connectivity index (χ3n) is 7.56. The van der Waals surface area contributed by atoms with E-state index in [-0.39, 0.29) is 22.8 Å². The van der Waals surface area contributed by atoms with Crippen LogP contribution in [0.5, 0.6) is 5.75 Å². The molecule has 2 aliphatic rings.